The lowest BCUT2D eigenvalue weighted by molar-refractivity contribution is -0.121. The molecular weight excluding hydrogens is 316 g/mol. The van der Waals surface area contributed by atoms with Gasteiger partial charge in [-0.2, -0.15) is 5.10 Å². The quantitative estimate of drug-likeness (QED) is 0.591. The average Bonchev–Trinajstić information content (AvgIpc) is 2.63. The molecule has 0 unspecified atom stereocenters. The number of aryl methyl sites for hydroxylation is 2. The van der Waals surface area contributed by atoms with Gasteiger partial charge in [0, 0.05) is 6.42 Å². The molecule has 132 valence electrons. The molecule has 2 rings (SSSR count). The van der Waals surface area contributed by atoms with Crippen LogP contribution < -0.4 is 14.9 Å². The molecule has 1 N–H and O–H groups in total. The Morgan fingerprint density at radius 3 is 2.56 bits per heavy atom. The van der Waals surface area contributed by atoms with Crippen molar-refractivity contribution in [1.82, 2.24) is 5.43 Å². The molecule has 0 heterocycles. The van der Waals surface area contributed by atoms with Crippen molar-refractivity contribution >= 4 is 12.1 Å². The Labute approximate surface area is 148 Å². The third-order valence-corrected chi connectivity index (χ3v) is 3.86. The second kappa shape index (κ2) is 9.47. The SMILES string of the molecule is COc1ccc(CCCC(=O)N/N=C\c2ccc(C)c(OC)c2)cc1. The van der Waals surface area contributed by atoms with Crippen molar-refractivity contribution in [1.29, 1.82) is 0 Å². The Hall–Kier alpha value is -2.82. The van der Waals surface area contributed by atoms with Crippen LogP contribution in [0, 0.1) is 6.92 Å². The summed E-state index contributed by atoms with van der Waals surface area (Å²) in [6.45, 7) is 1.98. The second-order valence-electron chi connectivity index (χ2n) is 5.72. The fraction of sp³-hybridized carbons (Fsp3) is 0.300. The first-order valence-corrected chi connectivity index (χ1v) is 8.22. The summed E-state index contributed by atoms with van der Waals surface area (Å²) < 4.78 is 10.4. The van der Waals surface area contributed by atoms with Gasteiger partial charge in [-0.25, -0.2) is 5.43 Å². The Morgan fingerprint density at radius 2 is 1.88 bits per heavy atom. The highest BCUT2D eigenvalue weighted by atomic mass is 16.5. The zero-order valence-corrected chi connectivity index (χ0v) is 14.9. The van der Waals surface area contributed by atoms with E-state index in [-0.39, 0.29) is 5.91 Å². The van der Waals surface area contributed by atoms with E-state index in [1.54, 1.807) is 20.4 Å². The van der Waals surface area contributed by atoms with Crippen LogP contribution in [-0.2, 0) is 11.2 Å². The lowest BCUT2D eigenvalue weighted by atomic mass is 10.1. The van der Waals surface area contributed by atoms with Crippen LogP contribution in [0.25, 0.3) is 0 Å². The molecule has 0 atom stereocenters. The molecule has 0 aliphatic carbocycles. The molecular formula is C20H24N2O3. The van der Waals surface area contributed by atoms with E-state index in [1.807, 2.05) is 49.4 Å². The third kappa shape index (κ3) is 5.95. The maximum absolute atomic E-state index is 11.8. The van der Waals surface area contributed by atoms with Gasteiger partial charge < -0.3 is 9.47 Å². The minimum absolute atomic E-state index is 0.0937. The molecule has 0 fully saturated rings. The van der Waals surface area contributed by atoms with Gasteiger partial charge in [0.2, 0.25) is 5.91 Å². The second-order valence-corrected chi connectivity index (χ2v) is 5.72. The van der Waals surface area contributed by atoms with E-state index in [1.165, 1.54) is 5.56 Å². The summed E-state index contributed by atoms with van der Waals surface area (Å²) in [5, 5.41) is 4.00. The number of nitrogens with zero attached hydrogens (tertiary/aromatic N) is 1. The Kier molecular flexibility index (Phi) is 7.01. The molecule has 5 heteroatoms. The van der Waals surface area contributed by atoms with Crippen molar-refractivity contribution in [2.75, 3.05) is 14.2 Å². The van der Waals surface area contributed by atoms with Crippen molar-refractivity contribution < 1.29 is 14.3 Å². The van der Waals surface area contributed by atoms with Crippen molar-refractivity contribution in [2.24, 2.45) is 5.10 Å². The molecule has 1 amide bonds. The number of carbonyl (C=O) groups excluding carboxylic acids is 1. The number of hydrazone groups is 1. The van der Waals surface area contributed by atoms with Gasteiger partial charge in [0.05, 0.1) is 20.4 Å². The minimum atomic E-state index is -0.0937. The smallest absolute Gasteiger partial charge is 0.240 e. The van der Waals surface area contributed by atoms with Gasteiger partial charge in [-0.05, 0) is 54.7 Å². The number of hydrogen-bond acceptors (Lipinski definition) is 4. The highest BCUT2D eigenvalue weighted by Gasteiger charge is 2.02. The topological polar surface area (TPSA) is 59.9 Å². The molecule has 0 aliphatic rings. The Balaban J connectivity index is 1.74. The maximum Gasteiger partial charge on any atom is 0.240 e. The predicted molar refractivity (Wildman–Crippen MR) is 99.4 cm³/mol. The van der Waals surface area contributed by atoms with Gasteiger partial charge in [-0.15, -0.1) is 0 Å². The van der Waals surface area contributed by atoms with Gasteiger partial charge in [0.15, 0.2) is 0 Å². The molecule has 0 bridgehead atoms. The summed E-state index contributed by atoms with van der Waals surface area (Å²) in [7, 11) is 3.28. The van der Waals surface area contributed by atoms with Crippen LogP contribution in [0.3, 0.4) is 0 Å². The third-order valence-electron chi connectivity index (χ3n) is 3.86. The van der Waals surface area contributed by atoms with Crippen molar-refractivity contribution in [3.05, 3.63) is 59.2 Å². The summed E-state index contributed by atoms with van der Waals surface area (Å²) >= 11 is 0. The van der Waals surface area contributed by atoms with Gasteiger partial charge in [-0.1, -0.05) is 24.3 Å². The zero-order valence-electron chi connectivity index (χ0n) is 14.9. The number of rotatable bonds is 8. The molecule has 5 nitrogen and oxygen atoms in total. The first kappa shape index (κ1) is 18.5. The number of nitrogens with one attached hydrogen (secondary N) is 1. The van der Waals surface area contributed by atoms with Crippen molar-refractivity contribution in [3.63, 3.8) is 0 Å². The Morgan fingerprint density at radius 1 is 1.12 bits per heavy atom. The maximum atomic E-state index is 11.8. The lowest BCUT2D eigenvalue weighted by Crippen LogP contribution is -2.17. The first-order chi connectivity index (χ1) is 12.1. The van der Waals surface area contributed by atoms with E-state index in [0.29, 0.717) is 6.42 Å². The van der Waals surface area contributed by atoms with Gasteiger partial charge in [0.25, 0.3) is 0 Å². The number of carbonyl (C=O) groups is 1. The number of hydrogen-bond donors (Lipinski definition) is 1. The fourth-order valence-corrected chi connectivity index (χ4v) is 2.40. The number of methoxy groups -OCH3 is 2. The highest BCUT2D eigenvalue weighted by molar-refractivity contribution is 5.83. The molecule has 0 radical (unpaired) electrons. The number of ether oxygens (including phenoxy) is 2. The van der Waals surface area contributed by atoms with Crippen LogP contribution in [0.2, 0.25) is 0 Å². The fourth-order valence-electron chi connectivity index (χ4n) is 2.40. The first-order valence-electron chi connectivity index (χ1n) is 8.22. The van der Waals surface area contributed by atoms with Crippen LogP contribution in [0.4, 0.5) is 0 Å². The van der Waals surface area contributed by atoms with Crippen LogP contribution >= 0.6 is 0 Å². The molecule has 0 saturated heterocycles. The van der Waals surface area contributed by atoms with E-state index in [2.05, 4.69) is 10.5 Å². The molecule has 0 spiro atoms. The van der Waals surface area contributed by atoms with Crippen LogP contribution in [-0.4, -0.2) is 26.3 Å². The van der Waals surface area contributed by atoms with E-state index in [4.69, 9.17) is 9.47 Å². The number of amides is 1. The summed E-state index contributed by atoms with van der Waals surface area (Å²) in [6, 6.07) is 13.6. The normalized spacial score (nSPS) is 10.7. The molecule has 2 aromatic rings. The van der Waals surface area contributed by atoms with E-state index in [0.717, 1.165) is 35.5 Å². The molecule has 25 heavy (non-hydrogen) atoms. The monoisotopic (exact) mass is 340 g/mol. The summed E-state index contributed by atoms with van der Waals surface area (Å²) in [5.41, 5.74) is 5.68. The predicted octanol–water partition coefficient (Wildman–Crippen LogP) is 3.49. The average molecular weight is 340 g/mol. The summed E-state index contributed by atoms with van der Waals surface area (Å²) in [4.78, 5) is 11.8. The van der Waals surface area contributed by atoms with E-state index >= 15 is 0 Å². The minimum Gasteiger partial charge on any atom is -0.497 e. The molecule has 0 aliphatic heterocycles. The van der Waals surface area contributed by atoms with E-state index < -0.39 is 0 Å². The van der Waals surface area contributed by atoms with Gasteiger partial charge >= 0.3 is 0 Å². The van der Waals surface area contributed by atoms with Crippen molar-refractivity contribution in [3.8, 4) is 11.5 Å². The van der Waals surface area contributed by atoms with Gasteiger partial charge in [-0.3, -0.25) is 4.79 Å². The lowest BCUT2D eigenvalue weighted by Gasteiger charge is -2.05. The van der Waals surface area contributed by atoms with E-state index in [9.17, 15) is 4.79 Å². The Bertz CT molecular complexity index is 724. The number of benzene rings is 2. The summed E-state index contributed by atoms with van der Waals surface area (Å²) in [5.74, 6) is 1.54. The molecule has 0 aromatic heterocycles. The van der Waals surface area contributed by atoms with Crippen LogP contribution in [0.1, 0.15) is 29.5 Å². The molecule has 2 aromatic carbocycles. The van der Waals surface area contributed by atoms with Crippen LogP contribution in [0.5, 0.6) is 11.5 Å². The van der Waals surface area contributed by atoms with Gasteiger partial charge in [0.1, 0.15) is 11.5 Å². The summed E-state index contributed by atoms with van der Waals surface area (Å²) in [6.07, 6.45) is 3.66. The standard InChI is InChI=1S/C20H24N2O3/c1-15-7-8-17(13-19(15)25-3)14-21-22-20(23)6-4-5-16-9-11-18(24-2)12-10-16/h7-14H,4-6H2,1-3H3,(H,22,23)/b21-14-. The van der Waals surface area contributed by atoms with Crippen LogP contribution in [0.15, 0.2) is 47.6 Å². The zero-order chi connectivity index (χ0) is 18.1. The largest absolute Gasteiger partial charge is 0.497 e. The van der Waals surface area contributed by atoms with Crippen molar-refractivity contribution in [2.45, 2.75) is 26.2 Å². The highest BCUT2D eigenvalue weighted by Crippen LogP contribution is 2.17. The molecule has 0 saturated carbocycles.